The van der Waals surface area contributed by atoms with E-state index in [-0.39, 0.29) is 17.7 Å². The van der Waals surface area contributed by atoms with Gasteiger partial charge < -0.3 is 15.0 Å². The maximum Gasteiger partial charge on any atom is 0.243 e. The Balaban J connectivity index is 1.78. The first-order valence-corrected chi connectivity index (χ1v) is 12.0. The maximum atomic E-state index is 13.4. The number of hydrogen-bond acceptors (Lipinski definition) is 4. The van der Waals surface area contributed by atoms with E-state index >= 15 is 0 Å². The molecule has 0 spiro atoms. The van der Waals surface area contributed by atoms with Crippen molar-refractivity contribution in [3.63, 3.8) is 0 Å². The first-order valence-electron chi connectivity index (χ1n) is 11.6. The van der Waals surface area contributed by atoms with Gasteiger partial charge in [0.05, 0.1) is 13.2 Å². The van der Waals surface area contributed by atoms with Gasteiger partial charge in [-0.1, -0.05) is 67.9 Å². The molecule has 1 aliphatic heterocycles. The van der Waals surface area contributed by atoms with Crippen LogP contribution in [-0.2, 0) is 27.3 Å². The Hall–Kier alpha value is -2.41. The van der Waals surface area contributed by atoms with Crippen molar-refractivity contribution in [2.75, 3.05) is 39.4 Å². The van der Waals surface area contributed by atoms with Gasteiger partial charge in [0.2, 0.25) is 11.8 Å². The molecule has 1 aliphatic rings. The second-order valence-electron chi connectivity index (χ2n) is 8.70. The number of carbonyl (C=O) groups is 2. The van der Waals surface area contributed by atoms with Gasteiger partial charge in [0.25, 0.3) is 0 Å². The summed E-state index contributed by atoms with van der Waals surface area (Å²) in [6, 6.07) is 16.7. The molecule has 0 unspecified atom stereocenters. The molecule has 1 fully saturated rings. The second kappa shape index (κ2) is 12.7. The second-order valence-corrected chi connectivity index (χ2v) is 9.13. The summed E-state index contributed by atoms with van der Waals surface area (Å²) in [6.45, 7) is 8.58. The average molecular weight is 472 g/mol. The van der Waals surface area contributed by atoms with Crippen LogP contribution in [0.3, 0.4) is 0 Å². The molecule has 2 aromatic carbocycles. The Morgan fingerprint density at radius 1 is 1.03 bits per heavy atom. The number of ether oxygens (including phenoxy) is 1. The van der Waals surface area contributed by atoms with Crippen molar-refractivity contribution in [1.29, 1.82) is 0 Å². The van der Waals surface area contributed by atoms with E-state index in [1.807, 2.05) is 68.4 Å². The van der Waals surface area contributed by atoms with E-state index in [2.05, 4.69) is 10.2 Å². The van der Waals surface area contributed by atoms with Gasteiger partial charge in [-0.25, -0.2) is 0 Å². The number of rotatable bonds is 10. The molecule has 7 heteroatoms. The summed E-state index contributed by atoms with van der Waals surface area (Å²) in [5, 5.41) is 3.72. The van der Waals surface area contributed by atoms with E-state index in [4.69, 9.17) is 16.3 Å². The van der Waals surface area contributed by atoms with E-state index < -0.39 is 6.04 Å². The van der Waals surface area contributed by atoms with Crippen molar-refractivity contribution < 1.29 is 14.3 Å². The third-order valence-electron chi connectivity index (χ3n) is 5.82. The number of carbonyl (C=O) groups excluding carboxylic acids is 2. The molecule has 0 bridgehead atoms. The van der Waals surface area contributed by atoms with E-state index in [1.165, 1.54) is 0 Å². The molecule has 0 radical (unpaired) electrons. The number of hydrogen-bond donors (Lipinski definition) is 1. The van der Waals surface area contributed by atoms with Crippen molar-refractivity contribution in [2.24, 2.45) is 5.92 Å². The van der Waals surface area contributed by atoms with Crippen molar-refractivity contribution in [3.8, 4) is 0 Å². The molecule has 178 valence electrons. The molecule has 1 atom stereocenters. The zero-order valence-electron chi connectivity index (χ0n) is 19.5. The topological polar surface area (TPSA) is 61.9 Å². The quantitative estimate of drug-likeness (QED) is 0.577. The van der Waals surface area contributed by atoms with Crippen LogP contribution in [0.2, 0.25) is 5.02 Å². The first kappa shape index (κ1) is 25.2. The third kappa shape index (κ3) is 7.84. The molecule has 6 nitrogen and oxygen atoms in total. The van der Waals surface area contributed by atoms with Gasteiger partial charge in [-0.3, -0.25) is 14.5 Å². The first-order chi connectivity index (χ1) is 15.9. The van der Waals surface area contributed by atoms with Crippen LogP contribution in [0.5, 0.6) is 0 Å². The molecule has 0 aromatic heterocycles. The number of benzene rings is 2. The molecule has 2 aromatic rings. The predicted octanol–water partition coefficient (Wildman–Crippen LogP) is 3.38. The van der Waals surface area contributed by atoms with E-state index in [1.54, 1.807) is 4.90 Å². The smallest absolute Gasteiger partial charge is 0.243 e. The fraction of sp³-hybridized carbons (Fsp3) is 0.462. The Morgan fingerprint density at radius 2 is 1.70 bits per heavy atom. The van der Waals surface area contributed by atoms with E-state index in [0.29, 0.717) is 24.5 Å². The average Bonchev–Trinajstić information content (AvgIpc) is 2.83. The van der Waals surface area contributed by atoms with Crippen LogP contribution in [-0.4, -0.2) is 67.0 Å². The summed E-state index contributed by atoms with van der Waals surface area (Å²) in [5.41, 5.74) is 1.95. The molecule has 33 heavy (non-hydrogen) atoms. The lowest BCUT2D eigenvalue weighted by atomic mass is 10.0. The highest BCUT2D eigenvalue weighted by Gasteiger charge is 2.31. The van der Waals surface area contributed by atoms with Crippen LogP contribution < -0.4 is 5.32 Å². The lowest BCUT2D eigenvalue weighted by molar-refractivity contribution is -0.143. The van der Waals surface area contributed by atoms with Gasteiger partial charge in [-0.2, -0.15) is 0 Å². The summed E-state index contributed by atoms with van der Waals surface area (Å²) in [6.07, 6.45) is 0.455. The number of amides is 2. The highest BCUT2D eigenvalue weighted by atomic mass is 35.5. The minimum atomic E-state index is -0.609. The molecule has 0 aliphatic carbocycles. The molecule has 1 N–H and O–H groups in total. The normalized spacial score (nSPS) is 15.3. The van der Waals surface area contributed by atoms with Crippen molar-refractivity contribution in [3.05, 3.63) is 70.7 Å². The molecule has 1 heterocycles. The minimum absolute atomic E-state index is 0.0470. The molecule has 0 saturated carbocycles. The van der Waals surface area contributed by atoms with Gasteiger partial charge in [0.1, 0.15) is 6.04 Å². The monoisotopic (exact) mass is 471 g/mol. The molecular formula is C26H34ClN3O3. The summed E-state index contributed by atoms with van der Waals surface area (Å²) < 4.78 is 5.39. The van der Waals surface area contributed by atoms with Crippen LogP contribution in [0.4, 0.5) is 0 Å². The van der Waals surface area contributed by atoms with Gasteiger partial charge in [0, 0.05) is 50.1 Å². The summed E-state index contributed by atoms with van der Waals surface area (Å²) in [4.78, 5) is 30.7. The predicted molar refractivity (Wildman–Crippen MR) is 131 cm³/mol. The van der Waals surface area contributed by atoms with E-state index in [0.717, 1.165) is 44.0 Å². The maximum absolute atomic E-state index is 13.4. The summed E-state index contributed by atoms with van der Waals surface area (Å²) in [5.74, 6) is -0.402. The standard InChI is InChI=1S/C26H34ClN3O3/c1-20(2)26(32)30(19-22-8-10-23(27)11-9-22)24(18-21-6-4-3-5-7-21)25(31)28-12-13-29-14-16-33-17-15-29/h3-11,20,24H,12-19H2,1-2H3,(H,28,31)/t24-/m1/s1. The van der Waals surface area contributed by atoms with Crippen LogP contribution in [0.25, 0.3) is 0 Å². The molecule has 2 amide bonds. The fourth-order valence-electron chi connectivity index (χ4n) is 3.92. The summed E-state index contributed by atoms with van der Waals surface area (Å²) in [7, 11) is 0. The zero-order chi connectivity index (χ0) is 23.6. The number of morpholine rings is 1. The molecule has 1 saturated heterocycles. The SMILES string of the molecule is CC(C)C(=O)N(Cc1ccc(Cl)cc1)[C@H](Cc1ccccc1)C(=O)NCCN1CCOCC1. The number of nitrogens with one attached hydrogen (secondary N) is 1. The number of nitrogens with zero attached hydrogens (tertiary/aromatic N) is 2. The van der Waals surface area contributed by atoms with Crippen LogP contribution in [0.1, 0.15) is 25.0 Å². The lowest BCUT2D eigenvalue weighted by Crippen LogP contribution is -2.52. The van der Waals surface area contributed by atoms with Crippen molar-refractivity contribution >= 4 is 23.4 Å². The van der Waals surface area contributed by atoms with Gasteiger partial charge in [0.15, 0.2) is 0 Å². The fourth-order valence-corrected chi connectivity index (χ4v) is 4.05. The third-order valence-corrected chi connectivity index (χ3v) is 6.08. The lowest BCUT2D eigenvalue weighted by Gasteiger charge is -2.33. The largest absolute Gasteiger partial charge is 0.379 e. The Bertz CT molecular complexity index is 883. The van der Waals surface area contributed by atoms with Gasteiger partial charge >= 0.3 is 0 Å². The van der Waals surface area contributed by atoms with Crippen molar-refractivity contribution in [1.82, 2.24) is 15.1 Å². The number of halogens is 1. The highest BCUT2D eigenvalue weighted by molar-refractivity contribution is 6.30. The van der Waals surface area contributed by atoms with Crippen LogP contribution >= 0.6 is 11.6 Å². The Morgan fingerprint density at radius 3 is 2.33 bits per heavy atom. The Labute approximate surface area is 201 Å². The van der Waals surface area contributed by atoms with E-state index in [9.17, 15) is 9.59 Å². The summed E-state index contributed by atoms with van der Waals surface area (Å²) >= 11 is 6.05. The molecule has 3 rings (SSSR count). The molecular weight excluding hydrogens is 438 g/mol. The zero-order valence-corrected chi connectivity index (χ0v) is 20.3. The van der Waals surface area contributed by atoms with Gasteiger partial charge in [-0.05, 0) is 23.3 Å². The minimum Gasteiger partial charge on any atom is -0.379 e. The van der Waals surface area contributed by atoms with Crippen molar-refractivity contribution in [2.45, 2.75) is 32.9 Å². The van der Waals surface area contributed by atoms with Crippen LogP contribution in [0, 0.1) is 5.92 Å². The van der Waals surface area contributed by atoms with Crippen LogP contribution in [0.15, 0.2) is 54.6 Å². The van der Waals surface area contributed by atoms with Gasteiger partial charge in [-0.15, -0.1) is 0 Å². The Kier molecular flexibility index (Phi) is 9.73. The highest BCUT2D eigenvalue weighted by Crippen LogP contribution is 2.18.